The van der Waals surface area contributed by atoms with Crippen LogP contribution >= 0.6 is 11.6 Å². The first kappa shape index (κ1) is 14.3. The molecule has 1 aliphatic carbocycles. The van der Waals surface area contributed by atoms with Crippen LogP contribution in [-0.4, -0.2) is 25.6 Å². The van der Waals surface area contributed by atoms with E-state index in [2.05, 4.69) is 5.16 Å². The lowest BCUT2D eigenvalue weighted by Gasteiger charge is -2.07. The van der Waals surface area contributed by atoms with Crippen LogP contribution < -0.4 is 0 Å². The number of halogens is 1. The molecule has 0 N–H and O–H groups in total. The lowest BCUT2D eigenvalue weighted by atomic mass is 10.0. The standard InChI is InChI=1S/C14H12ClNO4S/c1-21(18,19)12-6-9(15)4-5-10(12)14(17)11-7-20-16-13(11)8-2-3-8/h4-8H,2-3H2,1H3. The maximum atomic E-state index is 12.6. The Hall–Kier alpha value is -1.66. The Bertz CT molecular complexity index is 821. The second-order valence-electron chi connectivity index (χ2n) is 5.13. The second kappa shape index (κ2) is 4.96. The second-order valence-corrected chi connectivity index (χ2v) is 7.55. The van der Waals surface area contributed by atoms with Crippen LogP contribution in [0.5, 0.6) is 0 Å². The van der Waals surface area contributed by atoms with Gasteiger partial charge in [0.25, 0.3) is 0 Å². The zero-order valence-electron chi connectivity index (χ0n) is 11.2. The van der Waals surface area contributed by atoms with Crippen LogP contribution in [-0.2, 0) is 9.84 Å². The van der Waals surface area contributed by atoms with Gasteiger partial charge in [0.15, 0.2) is 15.6 Å². The van der Waals surface area contributed by atoms with Crippen molar-refractivity contribution in [1.82, 2.24) is 5.16 Å². The van der Waals surface area contributed by atoms with Crippen molar-refractivity contribution in [3.8, 4) is 0 Å². The third kappa shape index (κ3) is 2.73. The molecule has 0 atom stereocenters. The molecule has 110 valence electrons. The number of ketones is 1. The van der Waals surface area contributed by atoms with E-state index >= 15 is 0 Å². The molecule has 1 saturated carbocycles. The molecule has 21 heavy (non-hydrogen) atoms. The Balaban J connectivity index is 2.12. The largest absolute Gasteiger partial charge is 0.364 e. The normalized spacial score (nSPS) is 15.1. The lowest BCUT2D eigenvalue weighted by Crippen LogP contribution is -2.10. The number of benzene rings is 1. The third-order valence-corrected chi connectivity index (χ3v) is 4.77. The number of rotatable bonds is 4. The minimum atomic E-state index is -3.57. The number of nitrogens with zero attached hydrogens (tertiary/aromatic N) is 1. The Morgan fingerprint density at radius 3 is 2.67 bits per heavy atom. The zero-order chi connectivity index (χ0) is 15.2. The summed E-state index contributed by atoms with van der Waals surface area (Å²) in [5, 5.41) is 4.13. The molecule has 5 nitrogen and oxygen atoms in total. The number of carbonyl (C=O) groups is 1. The van der Waals surface area contributed by atoms with Crippen molar-refractivity contribution in [2.24, 2.45) is 0 Å². The van der Waals surface area contributed by atoms with Crippen LogP contribution in [0.2, 0.25) is 5.02 Å². The van der Waals surface area contributed by atoms with Crippen molar-refractivity contribution in [2.75, 3.05) is 6.26 Å². The van der Waals surface area contributed by atoms with Crippen molar-refractivity contribution in [1.29, 1.82) is 0 Å². The molecule has 1 aromatic heterocycles. The minimum absolute atomic E-state index is 0.0806. The average molecular weight is 326 g/mol. The molecule has 0 amide bonds. The van der Waals surface area contributed by atoms with Crippen LogP contribution in [0.1, 0.15) is 40.4 Å². The molecule has 1 fully saturated rings. The summed E-state index contributed by atoms with van der Waals surface area (Å²) in [6.07, 6.45) is 4.25. The Morgan fingerprint density at radius 2 is 2.05 bits per heavy atom. The molecule has 0 spiro atoms. The summed E-state index contributed by atoms with van der Waals surface area (Å²) in [4.78, 5) is 12.6. The molecule has 1 heterocycles. The average Bonchev–Trinajstić information content (AvgIpc) is 3.14. The van der Waals surface area contributed by atoms with E-state index in [1.165, 1.54) is 24.5 Å². The Morgan fingerprint density at radius 1 is 1.33 bits per heavy atom. The van der Waals surface area contributed by atoms with E-state index < -0.39 is 15.6 Å². The van der Waals surface area contributed by atoms with E-state index in [-0.39, 0.29) is 21.4 Å². The highest BCUT2D eigenvalue weighted by Gasteiger charge is 2.33. The van der Waals surface area contributed by atoms with Gasteiger partial charge in [-0.15, -0.1) is 0 Å². The fourth-order valence-electron chi connectivity index (χ4n) is 2.20. The maximum Gasteiger partial charge on any atom is 0.199 e. The highest BCUT2D eigenvalue weighted by molar-refractivity contribution is 7.90. The van der Waals surface area contributed by atoms with Crippen molar-refractivity contribution < 1.29 is 17.7 Å². The van der Waals surface area contributed by atoms with Gasteiger partial charge in [0.2, 0.25) is 0 Å². The van der Waals surface area contributed by atoms with Crippen LogP contribution in [0, 0.1) is 0 Å². The summed E-state index contributed by atoms with van der Waals surface area (Å²) in [6, 6.07) is 4.20. The van der Waals surface area contributed by atoms with Gasteiger partial charge >= 0.3 is 0 Å². The molecule has 1 aliphatic rings. The molecule has 2 aromatic rings. The fourth-order valence-corrected chi connectivity index (χ4v) is 3.34. The van der Waals surface area contributed by atoms with Crippen molar-refractivity contribution in [2.45, 2.75) is 23.7 Å². The number of hydrogen-bond acceptors (Lipinski definition) is 5. The molecule has 0 saturated heterocycles. The molecule has 0 radical (unpaired) electrons. The number of sulfone groups is 1. The molecule has 7 heteroatoms. The third-order valence-electron chi connectivity index (χ3n) is 3.39. The zero-order valence-corrected chi connectivity index (χ0v) is 12.7. The summed E-state index contributed by atoms with van der Waals surface area (Å²) in [6.45, 7) is 0. The first-order valence-corrected chi connectivity index (χ1v) is 8.63. The predicted molar refractivity (Wildman–Crippen MR) is 76.5 cm³/mol. The van der Waals surface area contributed by atoms with E-state index in [1.807, 2.05) is 0 Å². The summed E-state index contributed by atoms with van der Waals surface area (Å²) < 4.78 is 28.6. The van der Waals surface area contributed by atoms with Gasteiger partial charge in [-0.2, -0.15) is 0 Å². The number of hydrogen-bond donors (Lipinski definition) is 0. The monoisotopic (exact) mass is 325 g/mol. The summed E-state index contributed by atoms with van der Waals surface area (Å²) in [7, 11) is -3.57. The van der Waals surface area contributed by atoms with E-state index in [0.29, 0.717) is 11.3 Å². The first-order chi connectivity index (χ1) is 9.88. The summed E-state index contributed by atoms with van der Waals surface area (Å²) in [5.41, 5.74) is 1.02. The molecule has 1 aromatic carbocycles. The van der Waals surface area contributed by atoms with Gasteiger partial charge in [0.1, 0.15) is 6.26 Å². The highest BCUT2D eigenvalue weighted by atomic mass is 35.5. The van der Waals surface area contributed by atoms with Gasteiger partial charge in [-0.3, -0.25) is 4.79 Å². The Kier molecular flexibility index (Phi) is 3.37. The molecular weight excluding hydrogens is 314 g/mol. The SMILES string of the molecule is CS(=O)(=O)c1cc(Cl)ccc1C(=O)c1conc1C1CC1. The summed E-state index contributed by atoms with van der Waals surface area (Å²) >= 11 is 5.84. The number of aromatic nitrogens is 1. The molecular formula is C14H12ClNO4S. The van der Waals surface area contributed by atoms with Gasteiger partial charge < -0.3 is 4.52 Å². The van der Waals surface area contributed by atoms with Gasteiger partial charge in [0, 0.05) is 22.8 Å². The quantitative estimate of drug-likeness (QED) is 0.808. The van der Waals surface area contributed by atoms with Crippen LogP contribution in [0.3, 0.4) is 0 Å². The molecule has 0 aliphatic heterocycles. The summed E-state index contributed by atoms with van der Waals surface area (Å²) in [5.74, 6) is -0.174. The van der Waals surface area contributed by atoms with Crippen LogP contribution in [0.25, 0.3) is 0 Å². The van der Waals surface area contributed by atoms with Gasteiger partial charge in [-0.05, 0) is 31.0 Å². The minimum Gasteiger partial charge on any atom is -0.364 e. The van der Waals surface area contributed by atoms with E-state index in [0.717, 1.165) is 19.1 Å². The lowest BCUT2D eigenvalue weighted by molar-refractivity contribution is 0.103. The molecule has 0 bridgehead atoms. The van der Waals surface area contributed by atoms with E-state index in [1.54, 1.807) is 0 Å². The smallest absolute Gasteiger partial charge is 0.199 e. The highest BCUT2D eigenvalue weighted by Crippen LogP contribution is 2.41. The van der Waals surface area contributed by atoms with Crippen molar-refractivity contribution >= 4 is 27.2 Å². The van der Waals surface area contributed by atoms with Gasteiger partial charge in [-0.1, -0.05) is 16.8 Å². The van der Waals surface area contributed by atoms with Gasteiger partial charge in [-0.25, -0.2) is 8.42 Å². The molecule has 3 rings (SSSR count). The molecule has 0 unspecified atom stereocenters. The number of carbonyl (C=O) groups excluding carboxylic acids is 1. The maximum absolute atomic E-state index is 12.6. The van der Waals surface area contributed by atoms with Crippen LogP contribution in [0.15, 0.2) is 33.9 Å². The fraction of sp³-hybridized carbons (Fsp3) is 0.286. The van der Waals surface area contributed by atoms with Gasteiger partial charge in [0.05, 0.1) is 16.2 Å². The van der Waals surface area contributed by atoms with E-state index in [4.69, 9.17) is 16.1 Å². The first-order valence-electron chi connectivity index (χ1n) is 6.36. The topological polar surface area (TPSA) is 77.2 Å². The predicted octanol–water partition coefficient (Wildman–Crippen LogP) is 2.84. The van der Waals surface area contributed by atoms with E-state index in [9.17, 15) is 13.2 Å². The Labute approximate surface area is 126 Å². The van der Waals surface area contributed by atoms with Crippen molar-refractivity contribution in [3.05, 3.63) is 46.3 Å². The van der Waals surface area contributed by atoms with Crippen LogP contribution in [0.4, 0.5) is 0 Å². The van der Waals surface area contributed by atoms with Crippen molar-refractivity contribution in [3.63, 3.8) is 0 Å².